The average Bonchev–Trinajstić information content (AvgIpc) is 3.04. The van der Waals surface area contributed by atoms with E-state index in [1.165, 1.54) is 37.9 Å². The smallest absolute Gasteiger partial charge is 0.139 e. The summed E-state index contributed by atoms with van der Waals surface area (Å²) in [6, 6.07) is 2.68. The summed E-state index contributed by atoms with van der Waals surface area (Å²) in [6.07, 6.45) is 18.1. The number of nitrogens with one attached hydrogen (secondary N) is 1. The molecule has 5 rings (SSSR count). The first-order valence-electron chi connectivity index (χ1n) is 9.73. The van der Waals surface area contributed by atoms with E-state index in [9.17, 15) is 0 Å². The van der Waals surface area contributed by atoms with E-state index >= 15 is 0 Å². The largest absolute Gasteiger partial charge is 0.490 e. The molecule has 1 unspecified atom stereocenters. The van der Waals surface area contributed by atoms with Crippen LogP contribution < -0.4 is 15.0 Å². The molecule has 3 heterocycles. The molecule has 0 radical (unpaired) electrons. The Labute approximate surface area is 150 Å². The number of fused-ring (bicyclic) bond motifs is 1. The fourth-order valence-corrected chi connectivity index (χ4v) is 5.06. The molecule has 1 saturated carbocycles. The van der Waals surface area contributed by atoms with E-state index in [0.717, 1.165) is 31.4 Å². The number of anilines is 1. The molecule has 2 aliphatic carbocycles. The Balaban J connectivity index is 1.24. The van der Waals surface area contributed by atoms with Gasteiger partial charge in [-0.05, 0) is 49.5 Å². The second kappa shape index (κ2) is 6.17. The maximum Gasteiger partial charge on any atom is 0.139 e. The van der Waals surface area contributed by atoms with Gasteiger partial charge in [-0.1, -0.05) is 24.3 Å². The standard InChI is InChI=1S/C21H27N3O/c1-2-5-16(6-3-1)21-10-17(21)13-24(15-21)19-9-20(12-22-11-19)25-14-18-7-4-8-23-18/h1-3,5,9,11-12,16-18,23H,4,6-8,10,13-15H2/t16?,17-,18+,21+/m1/s1. The summed E-state index contributed by atoms with van der Waals surface area (Å²) in [7, 11) is 0. The molecule has 132 valence electrons. The van der Waals surface area contributed by atoms with Crippen molar-refractivity contribution in [1.29, 1.82) is 0 Å². The van der Waals surface area contributed by atoms with E-state index in [1.807, 2.05) is 12.4 Å². The van der Waals surface area contributed by atoms with E-state index in [2.05, 4.69) is 45.6 Å². The summed E-state index contributed by atoms with van der Waals surface area (Å²) >= 11 is 0. The Morgan fingerprint density at radius 3 is 3.16 bits per heavy atom. The van der Waals surface area contributed by atoms with Crippen LogP contribution in [0.3, 0.4) is 0 Å². The zero-order chi connectivity index (χ0) is 16.7. The number of piperidine rings is 1. The molecule has 0 bridgehead atoms. The molecule has 3 fully saturated rings. The second-order valence-corrected chi connectivity index (χ2v) is 8.15. The van der Waals surface area contributed by atoms with Gasteiger partial charge in [0.05, 0.1) is 18.1 Å². The number of rotatable bonds is 5. The Kier molecular flexibility index (Phi) is 3.81. The molecular weight excluding hydrogens is 310 g/mol. The molecule has 25 heavy (non-hydrogen) atoms. The summed E-state index contributed by atoms with van der Waals surface area (Å²) < 4.78 is 6.00. The third-order valence-electron chi connectivity index (χ3n) is 6.60. The summed E-state index contributed by atoms with van der Waals surface area (Å²) in [6.45, 7) is 4.20. The van der Waals surface area contributed by atoms with Crippen molar-refractivity contribution in [2.75, 3.05) is 31.1 Å². The van der Waals surface area contributed by atoms with Crippen molar-refractivity contribution in [1.82, 2.24) is 10.3 Å². The molecule has 1 aromatic rings. The highest BCUT2D eigenvalue weighted by molar-refractivity contribution is 5.51. The number of allylic oxidation sites excluding steroid dienone is 4. The van der Waals surface area contributed by atoms with Gasteiger partial charge in [0, 0.05) is 25.2 Å². The van der Waals surface area contributed by atoms with E-state index in [-0.39, 0.29) is 0 Å². The number of ether oxygens (including phenoxy) is 1. The molecule has 2 aliphatic heterocycles. The Morgan fingerprint density at radius 1 is 1.32 bits per heavy atom. The molecule has 1 aromatic heterocycles. The van der Waals surface area contributed by atoms with E-state index in [0.29, 0.717) is 17.4 Å². The Hall–Kier alpha value is -1.81. The van der Waals surface area contributed by atoms with Gasteiger partial charge in [-0.2, -0.15) is 0 Å². The quantitative estimate of drug-likeness (QED) is 0.895. The van der Waals surface area contributed by atoms with Gasteiger partial charge in [0.25, 0.3) is 0 Å². The summed E-state index contributed by atoms with van der Waals surface area (Å²) in [5.74, 6) is 2.47. The van der Waals surface area contributed by atoms with Crippen LogP contribution in [0.1, 0.15) is 25.7 Å². The Morgan fingerprint density at radius 2 is 2.32 bits per heavy atom. The predicted octanol–water partition coefficient (Wildman–Crippen LogP) is 3.17. The van der Waals surface area contributed by atoms with Gasteiger partial charge in [-0.3, -0.25) is 4.98 Å². The predicted molar refractivity (Wildman–Crippen MR) is 99.9 cm³/mol. The normalized spacial score (nSPS) is 35.8. The minimum atomic E-state index is 0.498. The summed E-state index contributed by atoms with van der Waals surface area (Å²) in [5, 5.41) is 3.48. The van der Waals surface area contributed by atoms with E-state index in [4.69, 9.17) is 4.74 Å². The van der Waals surface area contributed by atoms with Crippen LogP contribution in [0.5, 0.6) is 5.75 Å². The lowest BCUT2D eigenvalue weighted by atomic mass is 9.83. The van der Waals surface area contributed by atoms with Crippen molar-refractivity contribution in [3.05, 3.63) is 42.8 Å². The summed E-state index contributed by atoms with van der Waals surface area (Å²) in [5.41, 5.74) is 1.73. The van der Waals surface area contributed by atoms with Gasteiger partial charge in [-0.25, -0.2) is 0 Å². The maximum atomic E-state index is 6.00. The van der Waals surface area contributed by atoms with Gasteiger partial charge < -0.3 is 15.0 Å². The monoisotopic (exact) mass is 337 g/mol. The van der Waals surface area contributed by atoms with Gasteiger partial charge in [0.15, 0.2) is 0 Å². The maximum absolute atomic E-state index is 6.00. The fourth-order valence-electron chi connectivity index (χ4n) is 5.06. The molecule has 0 spiro atoms. The molecule has 4 nitrogen and oxygen atoms in total. The van der Waals surface area contributed by atoms with Gasteiger partial charge in [0.1, 0.15) is 12.4 Å². The zero-order valence-electron chi connectivity index (χ0n) is 14.7. The number of hydrogen-bond acceptors (Lipinski definition) is 4. The molecule has 4 heteroatoms. The molecular formula is C21H27N3O. The Bertz CT molecular complexity index is 694. The molecule has 0 aromatic carbocycles. The molecule has 1 N–H and O–H groups in total. The molecule has 2 saturated heterocycles. The second-order valence-electron chi connectivity index (χ2n) is 8.15. The highest BCUT2D eigenvalue weighted by Gasteiger charge is 2.62. The lowest BCUT2D eigenvalue weighted by Gasteiger charge is -2.27. The highest BCUT2D eigenvalue weighted by atomic mass is 16.5. The molecule has 4 aliphatic rings. The van der Waals surface area contributed by atoms with Crippen LogP contribution in [0.2, 0.25) is 0 Å². The van der Waals surface area contributed by atoms with Gasteiger partial charge in [-0.15, -0.1) is 0 Å². The van der Waals surface area contributed by atoms with E-state index in [1.54, 1.807) is 0 Å². The molecule has 0 amide bonds. The molecule has 4 atom stereocenters. The van der Waals surface area contributed by atoms with Crippen molar-refractivity contribution < 1.29 is 4.74 Å². The fraction of sp³-hybridized carbons (Fsp3) is 0.571. The van der Waals surface area contributed by atoms with Crippen LogP contribution in [-0.4, -0.2) is 37.3 Å². The number of nitrogens with zero attached hydrogens (tertiary/aromatic N) is 2. The number of aromatic nitrogens is 1. The first kappa shape index (κ1) is 15.4. The lowest BCUT2D eigenvalue weighted by molar-refractivity contribution is 0.276. The van der Waals surface area contributed by atoms with Crippen molar-refractivity contribution >= 4 is 5.69 Å². The van der Waals surface area contributed by atoms with Crippen LogP contribution in [0.25, 0.3) is 0 Å². The van der Waals surface area contributed by atoms with Crippen LogP contribution in [0, 0.1) is 17.3 Å². The average molecular weight is 337 g/mol. The number of pyridine rings is 1. The van der Waals surface area contributed by atoms with Crippen LogP contribution in [-0.2, 0) is 0 Å². The minimum Gasteiger partial charge on any atom is -0.490 e. The minimum absolute atomic E-state index is 0.498. The lowest BCUT2D eigenvalue weighted by Crippen LogP contribution is -2.29. The van der Waals surface area contributed by atoms with Crippen LogP contribution >= 0.6 is 0 Å². The van der Waals surface area contributed by atoms with Crippen LogP contribution in [0.4, 0.5) is 5.69 Å². The van der Waals surface area contributed by atoms with Gasteiger partial charge >= 0.3 is 0 Å². The van der Waals surface area contributed by atoms with Crippen molar-refractivity contribution in [2.24, 2.45) is 17.3 Å². The van der Waals surface area contributed by atoms with Crippen molar-refractivity contribution in [2.45, 2.75) is 31.7 Å². The number of hydrogen-bond donors (Lipinski definition) is 1. The van der Waals surface area contributed by atoms with Crippen molar-refractivity contribution in [3.8, 4) is 5.75 Å². The zero-order valence-corrected chi connectivity index (χ0v) is 14.7. The van der Waals surface area contributed by atoms with E-state index < -0.39 is 0 Å². The van der Waals surface area contributed by atoms with Crippen molar-refractivity contribution in [3.63, 3.8) is 0 Å². The SMILES string of the molecule is C1=CCC([C@@]23C[C@@H]2CN(c2cncc(OC[C@@H]4CCCN4)c2)C3)C=C1. The topological polar surface area (TPSA) is 37.4 Å². The first-order chi connectivity index (χ1) is 12.3. The third-order valence-corrected chi connectivity index (χ3v) is 6.60. The van der Waals surface area contributed by atoms with Gasteiger partial charge in [0.2, 0.25) is 0 Å². The first-order valence-corrected chi connectivity index (χ1v) is 9.73. The third kappa shape index (κ3) is 2.86. The highest BCUT2D eigenvalue weighted by Crippen LogP contribution is 2.64. The van der Waals surface area contributed by atoms with Crippen LogP contribution in [0.15, 0.2) is 42.8 Å². The summed E-state index contributed by atoms with van der Waals surface area (Å²) in [4.78, 5) is 6.96.